The molecule has 1 aromatic heterocycles. The topological polar surface area (TPSA) is 62.4 Å². The van der Waals surface area contributed by atoms with Gasteiger partial charge in [0.1, 0.15) is 0 Å². The van der Waals surface area contributed by atoms with Crippen LogP contribution in [0.15, 0.2) is 6.20 Å². The summed E-state index contributed by atoms with van der Waals surface area (Å²) in [6, 6.07) is 0. The summed E-state index contributed by atoms with van der Waals surface area (Å²) in [5.41, 5.74) is 2.96. The second-order valence-electron chi connectivity index (χ2n) is 10.1. The molecule has 1 aliphatic heterocycles. The Labute approximate surface area is 177 Å². The minimum Gasteiger partial charge on any atom is -0.381 e. The number of rotatable bonds is 10. The van der Waals surface area contributed by atoms with E-state index in [1.807, 2.05) is 13.2 Å². The summed E-state index contributed by atoms with van der Waals surface area (Å²) in [5.74, 6) is 1.16. The summed E-state index contributed by atoms with van der Waals surface area (Å²) < 4.78 is 12.4. The normalized spacial score (nSPS) is 29.2. The summed E-state index contributed by atoms with van der Waals surface area (Å²) >= 11 is 0. The standard InChI is InChI=1S/C23H42N4O2/c1-6-28-15-20-11-18(7-8-23(20)16-22(2,3)17-29-23)12-21-19(13-25-26-21)14-27(5)10-9-24-4/h13,18,20,24H,6-12,14-17H2,1-5H3,(H,25,26)/t18-,20?,23-/m1/s1. The predicted molar refractivity (Wildman–Crippen MR) is 117 cm³/mol. The van der Waals surface area contributed by atoms with Crippen LogP contribution in [0.4, 0.5) is 0 Å². The van der Waals surface area contributed by atoms with Crippen molar-refractivity contribution in [2.75, 3.05) is 47.0 Å². The van der Waals surface area contributed by atoms with Crippen molar-refractivity contribution >= 4 is 0 Å². The van der Waals surface area contributed by atoms with Crippen molar-refractivity contribution < 1.29 is 9.47 Å². The molecule has 1 saturated heterocycles. The Morgan fingerprint density at radius 3 is 2.93 bits per heavy atom. The number of likely N-dealkylation sites (N-methyl/N-ethyl adjacent to an activating group) is 2. The van der Waals surface area contributed by atoms with Gasteiger partial charge >= 0.3 is 0 Å². The number of nitrogens with zero attached hydrogens (tertiary/aromatic N) is 2. The fourth-order valence-electron chi connectivity index (χ4n) is 5.34. The van der Waals surface area contributed by atoms with Gasteiger partial charge in [0.05, 0.1) is 25.0 Å². The molecule has 1 aromatic rings. The molecule has 6 heteroatoms. The van der Waals surface area contributed by atoms with E-state index in [1.54, 1.807) is 0 Å². The summed E-state index contributed by atoms with van der Waals surface area (Å²) in [6.07, 6.45) is 7.82. The summed E-state index contributed by atoms with van der Waals surface area (Å²) in [4.78, 5) is 2.35. The maximum Gasteiger partial charge on any atom is 0.0738 e. The van der Waals surface area contributed by atoms with Crippen molar-refractivity contribution in [3.05, 3.63) is 17.5 Å². The van der Waals surface area contributed by atoms with E-state index in [0.717, 1.165) is 58.7 Å². The van der Waals surface area contributed by atoms with Gasteiger partial charge in [-0.2, -0.15) is 5.10 Å². The van der Waals surface area contributed by atoms with E-state index in [0.29, 0.717) is 11.8 Å². The number of H-pyrrole nitrogens is 1. The van der Waals surface area contributed by atoms with Gasteiger partial charge in [-0.15, -0.1) is 0 Å². The van der Waals surface area contributed by atoms with Crippen LogP contribution in [0.1, 0.15) is 57.7 Å². The Balaban J connectivity index is 1.62. The molecule has 3 atom stereocenters. The van der Waals surface area contributed by atoms with E-state index < -0.39 is 0 Å². The second kappa shape index (κ2) is 9.90. The van der Waals surface area contributed by atoms with Gasteiger partial charge in [0.25, 0.3) is 0 Å². The zero-order valence-corrected chi connectivity index (χ0v) is 19.2. The van der Waals surface area contributed by atoms with Crippen molar-refractivity contribution in [1.29, 1.82) is 0 Å². The lowest BCUT2D eigenvalue weighted by Crippen LogP contribution is -2.45. The van der Waals surface area contributed by atoms with Gasteiger partial charge < -0.3 is 19.7 Å². The van der Waals surface area contributed by atoms with Gasteiger partial charge in [-0.3, -0.25) is 5.10 Å². The van der Waals surface area contributed by atoms with E-state index in [4.69, 9.17) is 9.47 Å². The first kappa shape index (κ1) is 22.7. The molecule has 0 amide bonds. The molecule has 3 rings (SSSR count). The maximum atomic E-state index is 6.49. The van der Waals surface area contributed by atoms with Gasteiger partial charge in [-0.05, 0) is 64.5 Å². The molecule has 0 radical (unpaired) electrons. The molecule has 2 heterocycles. The Morgan fingerprint density at radius 1 is 1.41 bits per heavy atom. The van der Waals surface area contributed by atoms with E-state index in [2.05, 4.69) is 48.2 Å². The van der Waals surface area contributed by atoms with Crippen LogP contribution < -0.4 is 5.32 Å². The van der Waals surface area contributed by atoms with Crippen LogP contribution in [0.3, 0.4) is 0 Å². The van der Waals surface area contributed by atoms with E-state index >= 15 is 0 Å². The Bertz CT molecular complexity index is 632. The van der Waals surface area contributed by atoms with Crippen molar-refractivity contribution in [2.24, 2.45) is 17.3 Å². The second-order valence-corrected chi connectivity index (χ2v) is 10.1. The van der Waals surface area contributed by atoms with Crippen molar-refractivity contribution in [3.63, 3.8) is 0 Å². The van der Waals surface area contributed by atoms with Crippen LogP contribution in [0.5, 0.6) is 0 Å². The van der Waals surface area contributed by atoms with Crippen molar-refractivity contribution in [1.82, 2.24) is 20.4 Å². The molecule has 1 unspecified atom stereocenters. The highest BCUT2D eigenvalue weighted by Crippen LogP contribution is 2.51. The van der Waals surface area contributed by atoms with Gasteiger partial charge in [-0.25, -0.2) is 0 Å². The zero-order valence-electron chi connectivity index (χ0n) is 19.2. The van der Waals surface area contributed by atoms with Gasteiger partial charge in [0, 0.05) is 43.4 Å². The molecule has 2 fully saturated rings. The number of aromatic amines is 1. The van der Waals surface area contributed by atoms with E-state index in [-0.39, 0.29) is 11.0 Å². The lowest BCUT2D eigenvalue weighted by Gasteiger charge is -2.44. The van der Waals surface area contributed by atoms with E-state index in [1.165, 1.54) is 24.1 Å². The largest absolute Gasteiger partial charge is 0.381 e. The van der Waals surface area contributed by atoms with Crippen LogP contribution in [0.2, 0.25) is 0 Å². The molecule has 1 saturated carbocycles. The van der Waals surface area contributed by atoms with Crippen molar-refractivity contribution in [3.8, 4) is 0 Å². The van der Waals surface area contributed by atoms with E-state index in [9.17, 15) is 0 Å². The highest BCUT2D eigenvalue weighted by Gasteiger charge is 2.51. The first-order valence-electron chi connectivity index (χ1n) is 11.4. The van der Waals surface area contributed by atoms with Crippen LogP contribution >= 0.6 is 0 Å². The number of nitrogens with one attached hydrogen (secondary N) is 2. The summed E-state index contributed by atoms with van der Waals surface area (Å²) in [6.45, 7) is 12.2. The molecule has 29 heavy (non-hydrogen) atoms. The Hall–Kier alpha value is -0.950. The maximum absolute atomic E-state index is 6.49. The van der Waals surface area contributed by atoms with Crippen molar-refractivity contribution in [2.45, 2.75) is 65.0 Å². The highest BCUT2D eigenvalue weighted by molar-refractivity contribution is 5.17. The first-order chi connectivity index (χ1) is 13.9. The average Bonchev–Trinajstić information content (AvgIpc) is 3.24. The third kappa shape index (κ3) is 5.81. The van der Waals surface area contributed by atoms with Crippen LogP contribution in [0, 0.1) is 17.3 Å². The molecule has 2 N–H and O–H groups in total. The molecular weight excluding hydrogens is 364 g/mol. The van der Waals surface area contributed by atoms with Crippen LogP contribution in [-0.4, -0.2) is 67.7 Å². The predicted octanol–water partition coefficient (Wildman–Crippen LogP) is 3.24. The molecule has 1 aliphatic carbocycles. The fourth-order valence-corrected chi connectivity index (χ4v) is 5.34. The third-order valence-electron chi connectivity index (χ3n) is 6.87. The molecule has 0 aromatic carbocycles. The van der Waals surface area contributed by atoms with Gasteiger partial charge in [0.2, 0.25) is 0 Å². The quantitative estimate of drug-likeness (QED) is 0.625. The first-order valence-corrected chi connectivity index (χ1v) is 11.4. The number of hydrogen-bond donors (Lipinski definition) is 2. The number of hydrogen-bond acceptors (Lipinski definition) is 5. The van der Waals surface area contributed by atoms with Gasteiger partial charge in [-0.1, -0.05) is 13.8 Å². The smallest absolute Gasteiger partial charge is 0.0738 e. The average molecular weight is 407 g/mol. The molecule has 1 spiro atoms. The minimum absolute atomic E-state index is 0.0271. The molecule has 166 valence electrons. The third-order valence-corrected chi connectivity index (χ3v) is 6.87. The Kier molecular flexibility index (Phi) is 7.76. The minimum atomic E-state index is 0.0271. The number of aromatic nitrogens is 2. The summed E-state index contributed by atoms with van der Waals surface area (Å²) in [5, 5.41) is 10.9. The Morgan fingerprint density at radius 2 is 2.24 bits per heavy atom. The molecule has 6 nitrogen and oxygen atoms in total. The molecule has 0 bridgehead atoms. The molecule has 2 aliphatic rings. The van der Waals surface area contributed by atoms with Crippen LogP contribution in [-0.2, 0) is 22.4 Å². The lowest BCUT2D eigenvalue weighted by molar-refractivity contribution is -0.103. The van der Waals surface area contributed by atoms with Gasteiger partial charge in [0.15, 0.2) is 0 Å². The lowest BCUT2D eigenvalue weighted by atomic mass is 9.66. The summed E-state index contributed by atoms with van der Waals surface area (Å²) in [7, 11) is 4.18. The SMILES string of the molecule is CCOCC1C[C@H](Cc2[nH]ncc2CN(C)CCNC)CC[C@@]12CC(C)(C)CO2. The zero-order chi connectivity index (χ0) is 20.9. The van der Waals surface area contributed by atoms with Crippen LogP contribution in [0.25, 0.3) is 0 Å². The highest BCUT2D eigenvalue weighted by atomic mass is 16.5. The fraction of sp³-hybridized carbons (Fsp3) is 0.870. The monoisotopic (exact) mass is 406 g/mol. The molecular formula is C23H42N4O2. The number of ether oxygens (including phenoxy) is 2.